The monoisotopic (exact) mass is 424 g/mol. The normalized spacial score (nSPS) is 17.3. The van der Waals surface area contributed by atoms with E-state index < -0.39 is 10.0 Å². The van der Waals surface area contributed by atoms with Crippen LogP contribution in [0.4, 0.5) is 0 Å². The van der Waals surface area contributed by atoms with Crippen molar-refractivity contribution < 1.29 is 13.5 Å². The van der Waals surface area contributed by atoms with Crippen molar-refractivity contribution in [2.45, 2.75) is 56.9 Å². The number of sulfonamides is 1. The molecule has 0 aromatic heterocycles. The van der Waals surface area contributed by atoms with Gasteiger partial charge in [-0.25, -0.2) is 17.7 Å². The van der Waals surface area contributed by atoms with Crippen molar-refractivity contribution in [3.05, 3.63) is 29.8 Å². The SMILES string of the molecule is CCNC(=NCc1ccc(S(=O)(=O)N(C)C)cc1)NCC1(CCO)CCCCC1. The maximum Gasteiger partial charge on any atom is 0.242 e. The van der Waals surface area contributed by atoms with E-state index in [9.17, 15) is 13.5 Å². The summed E-state index contributed by atoms with van der Waals surface area (Å²) in [6, 6.07) is 6.85. The third kappa shape index (κ3) is 6.69. The van der Waals surface area contributed by atoms with E-state index in [1.54, 1.807) is 24.3 Å². The van der Waals surface area contributed by atoms with Gasteiger partial charge < -0.3 is 15.7 Å². The van der Waals surface area contributed by atoms with Gasteiger partial charge >= 0.3 is 0 Å². The molecule has 164 valence electrons. The van der Waals surface area contributed by atoms with Crippen molar-refractivity contribution in [3.8, 4) is 0 Å². The average Bonchev–Trinajstić information content (AvgIpc) is 2.71. The number of nitrogens with zero attached hydrogens (tertiary/aromatic N) is 2. The molecule has 1 aliphatic rings. The minimum Gasteiger partial charge on any atom is -0.396 e. The van der Waals surface area contributed by atoms with Gasteiger partial charge in [0.2, 0.25) is 10.0 Å². The number of aliphatic hydroxyl groups is 1. The summed E-state index contributed by atoms with van der Waals surface area (Å²) in [5.74, 6) is 0.750. The minimum atomic E-state index is -3.41. The van der Waals surface area contributed by atoms with E-state index in [1.165, 1.54) is 37.7 Å². The van der Waals surface area contributed by atoms with Crippen molar-refractivity contribution in [2.24, 2.45) is 10.4 Å². The van der Waals surface area contributed by atoms with Gasteiger partial charge in [0.25, 0.3) is 0 Å². The zero-order valence-corrected chi connectivity index (χ0v) is 18.8. The number of hydrogen-bond acceptors (Lipinski definition) is 4. The maximum atomic E-state index is 12.2. The van der Waals surface area contributed by atoms with Crippen molar-refractivity contribution in [1.82, 2.24) is 14.9 Å². The zero-order chi connectivity index (χ0) is 21.3. The molecule has 1 aromatic carbocycles. The summed E-state index contributed by atoms with van der Waals surface area (Å²) in [5.41, 5.74) is 1.09. The molecule has 3 N–H and O–H groups in total. The molecule has 1 aliphatic carbocycles. The molecule has 1 saturated carbocycles. The van der Waals surface area contributed by atoms with Crippen LogP contribution in [-0.2, 0) is 16.6 Å². The Hall–Kier alpha value is -1.64. The Bertz CT molecular complexity index is 749. The summed E-state index contributed by atoms with van der Waals surface area (Å²) in [6.45, 7) is 4.28. The van der Waals surface area contributed by atoms with Gasteiger partial charge in [-0.2, -0.15) is 0 Å². The molecule has 0 saturated heterocycles. The quantitative estimate of drug-likeness (QED) is 0.418. The third-order valence-corrected chi connectivity index (χ3v) is 7.48. The molecular weight excluding hydrogens is 388 g/mol. The van der Waals surface area contributed by atoms with Crippen molar-refractivity contribution >= 4 is 16.0 Å². The van der Waals surface area contributed by atoms with Crippen molar-refractivity contribution in [1.29, 1.82) is 0 Å². The molecule has 0 aliphatic heterocycles. The largest absolute Gasteiger partial charge is 0.396 e. The molecule has 0 spiro atoms. The lowest BCUT2D eigenvalue weighted by Crippen LogP contribution is -2.44. The molecule has 29 heavy (non-hydrogen) atoms. The van der Waals surface area contributed by atoms with Crippen LogP contribution in [0.15, 0.2) is 34.2 Å². The van der Waals surface area contributed by atoms with Crippen LogP contribution in [0.3, 0.4) is 0 Å². The van der Waals surface area contributed by atoms with Crippen LogP contribution < -0.4 is 10.6 Å². The Morgan fingerprint density at radius 2 is 1.79 bits per heavy atom. The van der Waals surface area contributed by atoms with Crippen LogP contribution in [0.1, 0.15) is 51.0 Å². The van der Waals surface area contributed by atoms with Gasteiger partial charge in [-0.05, 0) is 49.3 Å². The summed E-state index contributed by atoms with van der Waals surface area (Å²) < 4.78 is 25.6. The fourth-order valence-corrected chi connectivity index (χ4v) is 4.72. The van der Waals surface area contributed by atoms with Crippen LogP contribution in [0, 0.1) is 5.41 Å². The first-order valence-electron chi connectivity index (χ1n) is 10.5. The van der Waals surface area contributed by atoms with E-state index in [4.69, 9.17) is 0 Å². The molecule has 0 atom stereocenters. The predicted molar refractivity (Wildman–Crippen MR) is 117 cm³/mol. The standard InChI is InChI=1S/C21H36N4O3S/c1-4-22-20(24-17-21(14-15-26)12-6-5-7-13-21)23-16-18-8-10-19(11-9-18)29(27,28)25(2)3/h8-11,26H,4-7,12-17H2,1-3H3,(H2,22,23,24). The topological polar surface area (TPSA) is 94.0 Å². The Kier molecular flexibility index (Phi) is 8.92. The lowest BCUT2D eigenvalue weighted by atomic mass is 9.72. The Balaban J connectivity index is 2.03. The Labute approximate surface area is 175 Å². The Morgan fingerprint density at radius 1 is 1.14 bits per heavy atom. The number of aliphatic imine (C=N–C) groups is 1. The van der Waals surface area contributed by atoms with Gasteiger partial charge in [-0.3, -0.25) is 0 Å². The molecule has 1 aromatic rings. The number of benzene rings is 1. The van der Waals surface area contributed by atoms with E-state index in [0.717, 1.165) is 43.9 Å². The summed E-state index contributed by atoms with van der Waals surface area (Å²) >= 11 is 0. The van der Waals surface area contributed by atoms with Crippen LogP contribution in [-0.4, -0.2) is 57.6 Å². The first kappa shape index (κ1) is 23.6. The van der Waals surface area contributed by atoms with Gasteiger partial charge in [0.15, 0.2) is 5.96 Å². The Morgan fingerprint density at radius 3 is 2.34 bits per heavy atom. The van der Waals surface area contributed by atoms with Crippen molar-refractivity contribution in [3.63, 3.8) is 0 Å². The molecule has 0 heterocycles. The average molecular weight is 425 g/mol. The van der Waals surface area contributed by atoms with E-state index in [1.807, 2.05) is 6.92 Å². The zero-order valence-electron chi connectivity index (χ0n) is 17.9. The second-order valence-electron chi connectivity index (χ2n) is 8.01. The van der Waals surface area contributed by atoms with Crippen LogP contribution in [0.5, 0.6) is 0 Å². The summed E-state index contributed by atoms with van der Waals surface area (Å²) in [7, 11) is -0.363. The molecule has 0 unspecified atom stereocenters. The molecule has 0 amide bonds. The lowest BCUT2D eigenvalue weighted by Gasteiger charge is -2.37. The molecular formula is C21H36N4O3S. The van der Waals surface area contributed by atoms with Gasteiger partial charge in [0, 0.05) is 33.8 Å². The van der Waals surface area contributed by atoms with E-state index in [0.29, 0.717) is 6.54 Å². The summed E-state index contributed by atoms with van der Waals surface area (Å²) in [5, 5.41) is 16.2. The highest BCUT2D eigenvalue weighted by atomic mass is 32.2. The van der Waals surface area contributed by atoms with Crippen LogP contribution >= 0.6 is 0 Å². The number of guanidine groups is 1. The highest BCUT2D eigenvalue weighted by molar-refractivity contribution is 7.89. The molecule has 0 bridgehead atoms. The second-order valence-corrected chi connectivity index (χ2v) is 10.2. The van der Waals surface area contributed by atoms with Crippen LogP contribution in [0.2, 0.25) is 0 Å². The van der Waals surface area contributed by atoms with Crippen LogP contribution in [0.25, 0.3) is 0 Å². The summed E-state index contributed by atoms with van der Waals surface area (Å²) in [4.78, 5) is 4.94. The second kappa shape index (κ2) is 10.9. The minimum absolute atomic E-state index is 0.144. The molecule has 2 rings (SSSR count). The molecule has 0 radical (unpaired) electrons. The number of aliphatic hydroxyl groups excluding tert-OH is 1. The van der Waals surface area contributed by atoms with Gasteiger partial charge in [0.05, 0.1) is 11.4 Å². The first-order valence-corrected chi connectivity index (χ1v) is 11.9. The van der Waals surface area contributed by atoms with Gasteiger partial charge in [0.1, 0.15) is 0 Å². The number of rotatable bonds is 9. The first-order chi connectivity index (χ1) is 13.8. The van der Waals surface area contributed by atoms with Crippen molar-refractivity contribution in [2.75, 3.05) is 33.8 Å². The molecule has 8 heteroatoms. The molecule has 7 nitrogen and oxygen atoms in total. The predicted octanol–water partition coefficient (Wildman–Crippen LogP) is 2.32. The third-order valence-electron chi connectivity index (χ3n) is 5.65. The smallest absolute Gasteiger partial charge is 0.242 e. The van der Waals surface area contributed by atoms with Gasteiger partial charge in [-0.1, -0.05) is 31.4 Å². The highest BCUT2D eigenvalue weighted by Gasteiger charge is 2.31. The van der Waals surface area contributed by atoms with E-state index >= 15 is 0 Å². The number of nitrogens with one attached hydrogen (secondary N) is 2. The summed E-state index contributed by atoms with van der Waals surface area (Å²) in [6.07, 6.45) is 6.82. The fourth-order valence-electron chi connectivity index (χ4n) is 3.82. The van der Waals surface area contributed by atoms with E-state index in [-0.39, 0.29) is 16.9 Å². The molecule has 1 fully saturated rings. The van der Waals surface area contributed by atoms with E-state index in [2.05, 4.69) is 15.6 Å². The lowest BCUT2D eigenvalue weighted by molar-refractivity contribution is 0.131. The maximum absolute atomic E-state index is 12.2. The van der Waals surface area contributed by atoms with Gasteiger partial charge in [-0.15, -0.1) is 0 Å². The highest BCUT2D eigenvalue weighted by Crippen LogP contribution is 2.38. The fraction of sp³-hybridized carbons (Fsp3) is 0.667. The number of hydrogen-bond donors (Lipinski definition) is 3.